The molecule has 1 heterocycles. The molecule has 0 bridgehead atoms. The molecule has 2 aromatic carbocycles. The first-order valence-electron chi connectivity index (χ1n) is 7.88. The molecule has 0 radical (unpaired) electrons. The number of benzene rings is 2. The summed E-state index contributed by atoms with van der Waals surface area (Å²) >= 11 is 0. The van der Waals surface area contributed by atoms with Gasteiger partial charge in [-0.25, -0.2) is 0 Å². The Labute approximate surface area is 148 Å². The van der Waals surface area contributed by atoms with Crippen molar-refractivity contribution in [2.45, 2.75) is 0 Å². The van der Waals surface area contributed by atoms with Gasteiger partial charge in [-0.1, -0.05) is 24.3 Å². The maximum atomic E-state index is 12.5. The van der Waals surface area contributed by atoms with Gasteiger partial charge in [-0.05, 0) is 30.3 Å². The van der Waals surface area contributed by atoms with Crippen molar-refractivity contribution in [2.24, 2.45) is 0 Å². The number of nitro groups is 1. The largest absolute Gasteiger partial charge is 0.317 e. The highest BCUT2D eigenvalue weighted by Gasteiger charge is 2.32. The van der Waals surface area contributed by atoms with Crippen molar-refractivity contribution in [1.29, 1.82) is 0 Å². The van der Waals surface area contributed by atoms with Crippen LogP contribution in [-0.4, -0.2) is 21.1 Å². The summed E-state index contributed by atoms with van der Waals surface area (Å²) < 4.78 is 1.76. The number of hydrogen-bond donors (Lipinski definition) is 0. The van der Waals surface area contributed by atoms with Crippen molar-refractivity contribution < 1.29 is 14.5 Å². The molecular formula is C20H12N2O4. The first kappa shape index (κ1) is 15.7. The van der Waals surface area contributed by atoms with Gasteiger partial charge in [-0.2, -0.15) is 0 Å². The number of Topliss-reactive ketones (excluding diaryl/α,β-unsaturated/α-hetero) is 2. The summed E-state index contributed by atoms with van der Waals surface area (Å²) in [4.78, 5) is 35.4. The predicted octanol–water partition coefficient (Wildman–Crippen LogP) is 3.85. The molecule has 1 aliphatic rings. The molecule has 0 atom stereocenters. The van der Waals surface area contributed by atoms with Gasteiger partial charge in [0.05, 0.1) is 10.5 Å². The van der Waals surface area contributed by atoms with Crippen LogP contribution in [0.4, 0.5) is 5.69 Å². The van der Waals surface area contributed by atoms with Gasteiger partial charge >= 0.3 is 0 Å². The Morgan fingerprint density at radius 2 is 1.46 bits per heavy atom. The Morgan fingerprint density at radius 3 is 2.04 bits per heavy atom. The minimum atomic E-state index is -0.463. The zero-order valence-electron chi connectivity index (χ0n) is 13.5. The van der Waals surface area contributed by atoms with E-state index in [0.717, 1.165) is 0 Å². The van der Waals surface area contributed by atoms with E-state index in [0.29, 0.717) is 22.5 Å². The Balaban J connectivity index is 1.74. The molecule has 4 rings (SSSR count). The molecular weight excluding hydrogens is 332 g/mol. The van der Waals surface area contributed by atoms with Crippen LogP contribution >= 0.6 is 0 Å². The number of hydrogen-bond acceptors (Lipinski definition) is 4. The van der Waals surface area contributed by atoms with Gasteiger partial charge in [0.2, 0.25) is 0 Å². The molecule has 0 spiro atoms. The van der Waals surface area contributed by atoms with Gasteiger partial charge in [-0.3, -0.25) is 19.7 Å². The number of allylic oxidation sites excluding steroid dienone is 1. The lowest BCUT2D eigenvalue weighted by atomic mass is 10.1. The molecule has 0 saturated heterocycles. The average molecular weight is 344 g/mol. The number of carbonyl (C=O) groups excluding carboxylic acids is 2. The van der Waals surface area contributed by atoms with Crippen molar-refractivity contribution in [3.63, 3.8) is 0 Å². The van der Waals surface area contributed by atoms with Crippen LogP contribution in [0.25, 0.3) is 11.8 Å². The summed E-state index contributed by atoms with van der Waals surface area (Å²) in [6.45, 7) is 0. The van der Waals surface area contributed by atoms with E-state index >= 15 is 0 Å². The summed E-state index contributed by atoms with van der Waals surface area (Å²) in [6, 6.07) is 16.4. The van der Waals surface area contributed by atoms with E-state index in [-0.39, 0.29) is 22.8 Å². The molecule has 0 aliphatic heterocycles. The van der Waals surface area contributed by atoms with E-state index in [1.807, 2.05) is 0 Å². The highest BCUT2D eigenvalue weighted by Crippen LogP contribution is 2.28. The number of nitrogens with zero attached hydrogens (tertiary/aromatic N) is 2. The van der Waals surface area contributed by atoms with Crippen LogP contribution in [0.15, 0.2) is 72.4 Å². The van der Waals surface area contributed by atoms with Gasteiger partial charge in [0.25, 0.3) is 5.69 Å². The molecule has 0 amide bonds. The molecule has 6 nitrogen and oxygen atoms in total. The Bertz CT molecular complexity index is 1050. The topological polar surface area (TPSA) is 82.2 Å². The molecule has 3 aromatic rings. The third-order valence-electron chi connectivity index (χ3n) is 4.32. The number of nitro benzene ring substituents is 1. The predicted molar refractivity (Wildman–Crippen MR) is 95.5 cm³/mol. The normalized spacial score (nSPS) is 13.0. The van der Waals surface area contributed by atoms with Gasteiger partial charge in [0.15, 0.2) is 11.6 Å². The third-order valence-corrected chi connectivity index (χ3v) is 4.32. The van der Waals surface area contributed by atoms with Crippen LogP contribution in [0, 0.1) is 10.1 Å². The lowest BCUT2D eigenvalue weighted by Crippen LogP contribution is -2.02. The van der Waals surface area contributed by atoms with E-state index in [1.54, 1.807) is 65.4 Å². The first-order chi connectivity index (χ1) is 12.6. The highest BCUT2D eigenvalue weighted by molar-refractivity contribution is 6.41. The number of rotatable bonds is 3. The van der Waals surface area contributed by atoms with Crippen LogP contribution in [-0.2, 0) is 0 Å². The molecule has 6 heteroatoms. The molecule has 0 saturated carbocycles. The van der Waals surface area contributed by atoms with E-state index in [2.05, 4.69) is 0 Å². The lowest BCUT2D eigenvalue weighted by Gasteiger charge is -2.06. The molecule has 0 unspecified atom stereocenters. The van der Waals surface area contributed by atoms with Gasteiger partial charge < -0.3 is 4.57 Å². The van der Waals surface area contributed by atoms with Crippen LogP contribution < -0.4 is 0 Å². The lowest BCUT2D eigenvalue weighted by molar-refractivity contribution is -0.384. The molecule has 1 aromatic heterocycles. The number of ketones is 2. The first-order valence-corrected chi connectivity index (χ1v) is 7.88. The average Bonchev–Trinajstić information content (AvgIpc) is 3.21. The molecule has 0 fully saturated rings. The van der Waals surface area contributed by atoms with Crippen molar-refractivity contribution in [1.82, 2.24) is 4.57 Å². The maximum absolute atomic E-state index is 12.5. The van der Waals surface area contributed by atoms with Crippen molar-refractivity contribution >= 4 is 23.3 Å². The third kappa shape index (κ3) is 2.44. The summed E-state index contributed by atoms with van der Waals surface area (Å²) in [5.41, 5.74) is 2.28. The standard InChI is InChI=1S/C20H12N2O4/c23-19-16-5-1-2-6-17(16)20(24)18(19)12-15-4-3-11-21(15)13-7-9-14(10-8-13)22(25)26/h1-12H. The fourth-order valence-electron chi connectivity index (χ4n) is 3.03. The molecule has 1 aliphatic carbocycles. The maximum Gasteiger partial charge on any atom is 0.269 e. The Kier molecular flexibility index (Phi) is 3.58. The van der Waals surface area contributed by atoms with Crippen LogP contribution in [0.1, 0.15) is 26.4 Å². The summed E-state index contributed by atoms with van der Waals surface area (Å²) in [6.07, 6.45) is 3.33. The molecule has 126 valence electrons. The van der Waals surface area contributed by atoms with Crippen molar-refractivity contribution in [3.05, 3.63) is 99.4 Å². The van der Waals surface area contributed by atoms with E-state index in [9.17, 15) is 19.7 Å². The zero-order valence-corrected chi connectivity index (χ0v) is 13.5. The quantitative estimate of drug-likeness (QED) is 0.313. The smallest absolute Gasteiger partial charge is 0.269 e. The number of fused-ring (bicyclic) bond motifs is 1. The number of non-ortho nitro benzene ring substituents is 1. The van der Waals surface area contributed by atoms with Gasteiger partial charge in [0, 0.05) is 40.8 Å². The second-order valence-electron chi connectivity index (χ2n) is 5.84. The minimum absolute atomic E-state index is 0.00240. The molecule has 26 heavy (non-hydrogen) atoms. The van der Waals surface area contributed by atoms with Crippen LogP contribution in [0.3, 0.4) is 0 Å². The monoisotopic (exact) mass is 344 g/mol. The summed E-state index contributed by atoms with van der Waals surface area (Å²) in [5.74, 6) is -0.580. The van der Waals surface area contributed by atoms with Crippen molar-refractivity contribution in [2.75, 3.05) is 0 Å². The Hall–Kier alpha value is -3.80. The summed E-state index contributed by atoms with van der Waals surface area (Å²) in [5, 5.41) is 10.8. The van der Waals surface area contributed by atoms with Gasteiger partial charge in [0.1, 0.15) is 0 Å². The van der Waals surface area contributed by atoms with Crippen molar-refractivity contribution in [3.8, 4) is 5.69 Å². The fourth-order valence-corrected chi connectivity index (χ4v) is 3.03. The second kappa shape index (κ2) is 5.93. The van der Waals surface area contributed by atoms with E-state index in [4.69, 9.17) is 0 Å². The van der Waals surface area contributed by atoms with Crippen LogP contribution in [0.5, 0.6) is 0 Å². The fraction of sp³-hybridized carbons (Fsp3) is 0. The number of aromatic nitrogens is 1. The summed E-state index contributed by atoms with van der Waals surface area (Å²) in [7, 11) is 0. The van der Waals surface area contributed by atoms with E-state index in [1.165, 1.54) is 12.1 Å². The minimum Gasteiger partial charge on any atom is -0.317 e. The van der Waals surface area contributed by atoms with Crippen LogP contribution in [0.2, 0.25) is 0 Å². The highest BCUT2D eigenvalue weighted by atomic mass is 16.6. The Morgan fingerprint density at radius 1 is 0.846 bits per heavy atom. The molecule has 0 N–H and O–H groups in total. The number of carbonyl (C=O) groups is 2. The zero-order chi connectivity index (χ0) is 18.3. The second-order valence-corrected chi connectivity index (χ2v) is 5.84. The van der Waals surface area contributed by atoms with Gasteiger partial charge in [-0.15, -0.1) is 0 Å². The SMILES string of the molecule is O=C1C(=Cc2cccn2-c2ccc([N+](=O)[O-])cc2)C(=O)c2ccccc21. The van der Waals surface area contributed by atoms with E-state index < -0.39 is 4.92 Å².